The molecule has 1 aliphatic rings. The van der Waals surface area contributed by atoms with Gasteiger partial charge in [-0.25, -0.2) is 0 Å². The Morgan fingerprint density at radius 3 is 3.00 bits per heavy atom. The predicted octanol–water partition coefficient (Wildman–Crippen LogP) is 1.66. The Hall–Kier alpha value is 0.140. The molecule has 0 aromatic heterocycles. The van der Waals surface area contributed by atoms with Gasteiger partial charge in [-0.1, -0.05) is 22.5 Å². The first kappa shape index (κ1) is 9.23. The molecule has 0 bridgehead atoms. The van der Waals surface area contributed by atoms with Gasteiger partial charge >= 0.3 is 0 Å². The first-order valence-electron chi connectivity index (χ1n) is 3.88. The summed E-state index contributed by atoms with van der Waals surface area (Å²) in [5, 5.41) is 3.36. The van der Waals surface area contributed by atoms with E-state index in [1.165, 1.54) is 0 Å². The molecule has 1 saturated heterocycles. The second kappa shape index (κ2) is 4.24. The van der Waals surface area contributed by atoms with E-state index >= 15 is 0 Å². The molecule has 0 spiro atoms. The summed E-state index contributed by atoms with van der Waals surface area (Å²) in [6, 6.07) is 0.504. The summed E-state index contributed by atoms with van der Waals surface area (Å²) in [7, 11) is 0. The number of nitrogens with one attached hydrogen (secondary N) is 1. The van der Waals surface area contributed by atoms with Crippen molar-refractivity contribution in [3.05, 3.63) is 11.1 Å². The summed E-state index contributed by atoms with van der Waals surface area (Å²) in [4.78, 5) is 0. The van der Waals surface area contributed by atoms with Gasteiger partial charge in [0, 0.05) is 23.7 Å². The van der Waals surface area contributed by atoms with Crippen LogP contribution in [0.25, 0.3) is 0 Å². The van der Waals surface area contributed by atoms with Crippen LogP contribution in [0.3, 0.4) is 0 Å². The van der Waals surface area contributed by atoms with E-state index < -0.39 is 0 Å². The van der Waals surface area contributed by atoms with Crippen molar-refractivity contribution in [3.8, 4) is 0 Å². The maximum atomic E-state index is 5.39. The van der Waals surface area contributed by atoms with E-state index in [1.807, 2.05) is 0 Å². The lowest BCUT2D eigenvalue weighted by Crippen LogP contribution is -2.35. The van der Waals surface area contributed by atoms with Gasteiger partial charge in [-0.05, 0) is 13.3 Å². The molecule has 0 saturated carbocycles. The molecular formula is C8H14BrNO. The third-order valence-electron chi connectivity index (χ3n) is 1.93. The normalized spacial score (nSPS) is 30.7. The molecule has 0 radical (unpaired) electrons. The Bertz CT molecular complexity index is 149. The molecule has 0 aromatic carbocycles. The van der Waals surface area contributed by atoms with Gasteiger partial charge in [-0.3, -0.25) is 0 Å². The van der Waals surface area contributed by atoms with Crippen LogP contribution in [0.15, 0.2) is 11.1 Å². The Balaban J connectivity index is 2.20. The zero-order chi connectivity index (χ0) is 8.27. The zero-order valence-electron chi connectivity index (χ0n) is 6.77. The minimum Gasteiger partial charge on any atom is -0.377 e. The van der Waals surface area contributed by atoms with Crippen LogP contribution in [0.1, 0.15) is 13.3 Å². The van der Waals surface area contributed by atoms with Gasteiger partial charge in [0.15, 0.2) is 0 Å². The molecule has 1 fully saturated rings. The molecule has 0 aromatic rings. The monoisotopic (exact) mass is 219 g/mol. The molecule has 1 heterocycles. The second-order valence-corrected chi connectivity index (χ2v) is 3.99. The van der Waals surface area contributed by atoms with E-state index in [1.54, 1.807) is 0 Å². The van der Waals surface area contributed by atoms with E-state index in [0.29, 0.717) is 12.1 Å². The van der Waals surface area contributed by atoms with Crippen LogP contribution in [0.4, 0.5) is 0 Å². The Morgan fingerprint density at radius 2 is 2.55 bits per heavy atom. The van der Waals surface area contributed by atoms with Crippen LogP contribution in [0.2, 0.25) is 0 Å². The van der Waals surface area contributed by atoms with Crippen molar-refractivity contribution in [1.29, 1.82) is 0 Å². The van der Waals surface area contributed by atoms with Crippen LogP contribution < -0.4 is 5.32 Å². The van der Waals surface area contributed by atoms with E-state index in [-0.39, 0.29) is 0 Å². The number of halogens is 1. The SMILES string of the molecule is C=C(Br)CNC1CCOC1C. The van der Waals surface area contributed by atoms with Crippen molar-refractivity contribution in [2.45, 2.75) is 25.5 Å². The van der Waals surface area contributed by atoms with E-state index in [4.69, 9.17) is 4.74 Å². The van der Waals surface area contributed by atoms with Crippen LogP contribution in [0.5, 0.6) is 0 Å². The third kappa shape index (κ3) is 2.93. The van der Waals surface area contributed by atoms with E-state index in [0.717, 1.165) is 24.1 Å². The average molecular weight is 220 g/mol. The van der Waals surface area contributed by atoms with Gasteiger partial charge in [0.25, 0.3) is 0 Å². The van der Waals surface area contributed by atoms with Gasteiger partial charge in [0.1, 0.15) is 0 Å². The molecule has 1 rings (SSSR count). The summed E-state index contributed by atoms with van der Waals surface area (Å²) in [5.41, 5.74) is 0. The highest BCUT2D eigenvalue weighted by Gasteiger charge is 2.22. The topological polar surface area (TPSA) is 21.3 Å². The Labute approximate surface area is 76.1 Å². The van der Waals surface area contributed by atoms with Crippen LogP contribution >= 0.6 is 15.9 Å². The lowest BCUT2D eigenvalue weighted by molar-refractivity contribution is 0.114. The van der Waals surface area contributed by atoms with Crippen molar-refractivity contribution in [2.75, 3.05) is 13.2 Å². The number of ether oxygens (including phenoxy) is 1. The first-order chi connectivity index (χ1) is 5.20. The summed E-state index contributed by atoms with van der Waals surface area (Å²) in [5.74, 6) is 0. The molecule has 2 unspecified atom stereocenters. The first-order valence-corrected chi connectivity index (χ1v) is 4.67. The lowest BCUT2D eigenvalue weighted by atomic mass is 10.1. The summed E-state index contributed by atoms with van der Waals surface area (Å²) in [6.45, 7) is 7.57. The lowest BCUT2D eigenvalue weighted by Gasteiger charge is -2.14. The maximum absolute atomic E-state index is 5.39. The zero-order valence-corrected chi connectivity index (χ0v) is 8.36. The molecule has 1 aliphatic heterocycles. The van der Waals surface area contributed by atoms with Crippen molar-refractivity contribution < 1.29 is 4.74 Å². The molecule has 2 atom stereocenters. The standard InChI is InChI=1S/C8H14BrNO/c1-6(9)5-10-8-3-4-11-7(8)2/h7-8,10H,1,3-5H2,2H3. The highest BCUT2D eigenvalue weighted by Crippen LogP contribution is 2.13. The van der Waals surface area contributed by atoms with Crippen LogP contribution in [-0.2, 0) is 4.74 Å². The van der Waals surface area contributed by atoms with Crippen molar-refractivity contribution in [3.63, 3.8) is 0 Å². The van der Waals surface area contributed by atoms with Crippen LogP contribution in [-0.4, -0.2) is 25.3 Å². The van der Waals surface area contributed by atoms with Crippen LogP contribution in [0, 0.1) is 0 Å². The molecule has 3 heteroatoms. The van der Waals surface area contributed by atoms with Gasteiger partial charge in [0.05, 0.1) is 6.10 Å². The maximum Gasteiger partial charge on any atom is 0.0700 e. The van der Waals surface area contributed by atoms with Gasteiger partial charge < -0.3 is 10.1 Å². The number of hydrogen-bond acceptors (Lipinski definition) is 2. The molecule has 0 amide bonds. The Morgan fingerprint density at radius 1 is 1.82 bits per heavy atom. The second-order valence-electron chi connectivity index (χ2n) is 2.87. The summed E-state index contributed by atoms with van der Waals surface area (Å²) < 4.78 is 6.39. The highest BCUT2D eigenvalue weighted by atomic mass is 79.9. The summed E-state index contributed by atoms with van der Waals surface area (Å²) in [6.07, 6.45) is 1.46. The van der Waals surface area contributed by atoms with Crippen molar-refractivity contribution in [2.24, 2.45) is 0 Å². The van der Waals surface area contributed by atoms with Crippen molar-refractivity contribution >= 4 is 15.9 Å². The minimum atomic E-state index is 0.349. The fourth-order valence-electron chi connectivity index (χ4n) is 1.24. The molecule has 11 heavy (non-hydrogen) atoms. The summed E-state index contributed by atoms with van der Waals surface area (Å²) >= 11 is 3.30. The number of rotatable bonds is 3. The average Bonchev–Trinajstić information content (AvgIpc) is 2.31. The molecule has 0 aliphatic carbocycles. The highest BCUT2D eigenvalue weighted by molar-refractivity contribution is 9.11. The van der Waals surface area contributed by atoms with E-state index in [2.05, 4.69) is 34.7 Å². The fraction of sp³-hybridized carbons (Fsp3) is 0.750. The fourth-order valence-corrected chi connectivity index (χ4v) is 1.40. The predicted molar refractivity (Wildman–Crippen MR) is 49.9 cm³/mol. The molecule has 1 N–H and O–H groups in total. The van der Waals surface area contributed by atoms with Gasteiger partial charge in [-0.2, -0.15) is 0 Å². The molecular weight excluding hydrogens is 206 g/mol. The smallest absolute Gasteiger partial charge is 0.0700 e. The molecule has 64 valence electrons. The quantitative estimate of drug-likeness (QED) is 0.780. The Kier molecular flexibility index (Phi) is 3.55. The van der Waals surface area contributed by atoms with Crippen molar-refractivity contribution in [1.82, 2.24) is 5.32 Å². The largest absolute Gasteiger partial charge is 0.377 e. The minimum absolute atomic E-state index is 0.349. The van der Waals surface area contributed by atoms with Gasteiger partial charge in [-0.15, -0.1) is 0 Å². The number of hydrogen-bond donors (Lipinski definition) is 1. The van der Waals surface area contributed by atoms with E-state index in [9.17, 15) is 0 Å². The third-order valence-corrected chi connectivity index (χ3v) is 2.21. The van der Waals surface area contributed by atoms with Gasteiger partial charge in [0.2, 0.25) is 0 Å². The molecule has 2 nitrogen and oxygen atoms in total.